The van der Waals surface area contributed by atoms with E-state index in [0.29, 0.717) is 28.1 Å². The maximum absolute atomic E-state index is 7.04. The molecule has 0 saturated heterocycles. The number of halogens is 1. The Morgan fingerprint density at radius 2 is 1.08 bits per heavy atom. The molecule has 3 aromatic heterocycles. The van der Waals surface area contributed by atoms with Crippen molar-refractivity contribution in [3.05, 3.63) is 157 Å². The van der Waals surface area contributed by atoms with Crippen molar-refractivity contribution in [1.29, 1.82) is 0 Å². The van der Waals surface area contributed by atoms with Crippen LogP contribution in [0.4, 0.5) is 0 Å². The molecule has 3 heterocycles. The molecule has 0 saturated carbocycles. The van der Waals surface area contributed by atoms with Gasteiger partial charge in [-0.25, -0.2) is 15.0 Å². The summed E-state index contributed by atoms with van der Waals surface area (Å²) < 4.78 is 8.71. The van der Waals surface area contributed by atoms with Crippen molar-refractivity contribution in [2.24, 2.45) is 0 Å². The molecule has 0 radical (unpaired) electrons. The molecule has 10 aromatic rings. The number of rotatable bonds is 4. The van der Waals surface area contributed by atoms with Crippen LogP contribution in [0.25, 0.3) is 94.4 Å². The average Bonchev–Trinajstić information content (AvgIpc) is 3.69. The summed E-state index contributed by atoms with van der Waals surface area (Å²) in [5, 5.41) is 7.04. The molecule has 0 aliphatic heterocycles. The Hall–Kier alpha value is -6.30. The quantitative estimate of drug-likeness (QED) is 0.190. The minimum atomic E-state index is 0.516. The second kappa shape index (κ2) is 10.9. The van der Waals surface area contributed by atoms with Gasteiger partial charge in [0.25, 0.3) is 0 Å². The third kappa shape index (κ3) is 4.51. The molecular weight excluding hydrogens is 624 g/mol. The van der Waals surface area contributed by atoms with E-state index in [0.717, 1.165) is 65.9 Å². The third-order valence-electron chi connectivity index (χ3n) is 9.26. The van der Waals surface area contributed by atoms with Crippen LogP contribution in [0.3, 0.4) is 0 Å². The van der Waals surface area contributed by atoms with Gasteiger partial charge in [-0.1, -0.05) is 115 Å². The van der Waals surface area contributed by atoms with Gasteiger partial charge in [-0.3, -0.25) is 0 Å². The van der Waals surface area contributed by atoms with Crippen LogP contribution in [-0.4, -0.2) is 19.5 Å². The summed E-state index contributed by atoms with van der Waals surface area (Å²) in [5.41, 5.74) is 7.32. The van der Waals surface area contributed by atoms with Gasteiger partial charge in [0, 0.05) is 43.9 Å². The Morgan fingerprint density at radius 1 is 0.449 bits per heavy atom. The number of hydrogen-bond donors (Lipinski definition) is 0. The monoisotopic (exact) mass is 648 g/mol. The SMILES string of the molecule is Clc1cc(-c2nc(-c3ccccc3)nc(-c3ccc4c5ccccc5n(-c5ccccc5)c4c3)n2)cc2oc3cc4ccccc4cc3c12. The van der Waals surface area contributed by atoms with Crippen LogP contribution < -0.4 is 0 Å². The van der Waals surface area contributed by atoms with E-state index in [4.69, 9.17) is 31.0 Å². The molecule has 0 fully saturated rings. The molecule has 0 atom stereocenters. The van der Waals surface area contributed by atoms with Gasteiger partial charge < -0.3 is 8.98 Å². The molecule has 0 bridgehead atoms. The van der Waals surface area contributed by atoms with Crippen molar-refractivity contribution in [3.63, 3.8) is 0 Å². The summed E-state index contributed by atoms with van der Waals surface area (Å²) in [6.45, 7) is 0. The first-order valence-electron chi connectivity index (χ1n) is 16.1. The van der Waals surface area contributed by atoms with Gasteiger partial charge in [-0.15, -0.1) is 0 Å². The minimum absolute atomic E-state index is 0.516. The van der Waals surface area contributed by atoms with Gasteiger partial charge in [0.05, 0.1) is 16.1 Å². The zero-order valence-corrected chi connectivity index (χ0v) is 26.8. The number of nitrogens with zero attached hydrogens (tertiary/aromatic N) is 4. The van der Waals surface area contributed by atoms with E-state index >= 15 is 0 Å². The molecule has 6 heteroatoms. The van der Waals surface area contributed by atoms with Crippen molar-refractivity contribution < 1.29 is 4.42 Å². The van der Waals surface area contributed by atoms with E-state index < -0.39 is 0 Å². The summed E-state index contributed by atoms with van der Waals surface area (Å²) in [4.78, 5) is 15.1. The summed E-state index contributed by atoms with van der Waals surface area (Å²) in [7, 11) is 0. The predicted octanol–water partition coefficient (Wildman–Crippen LogP) is 11.7. The lowest BCUT2D eigenvalue weighted by Gasteiger charge is -2.10. The van der Waals surface area contributed by atoms with E-state index in [1.54, 1.807) is 0 Å². The highest BCUT2D eigenvalue weighted by atomic mass is 35.5. The molecule has 5 nitrogen and oxygen atoms in total. The van der Waals surface area contributed by atoms with Gasteiger partial charge in [0.1, 0.15) is 11.2 Å². The van der Waals surface area contributed by atoms with Gasteiger partial charge in [-0.05, 0) is 59.3 Å². The Labute approximate surface area is 285 Å². The molecule has 49 heavy (non-hydrogen) atoms. The molecule has 0 N–H and O–H groups in total. The van der Waals surface area contributed by atoms with Gasteiger partial charge in [0.2, 0.25) is 0 Å². The zero-order chi connectivity index (χ0) is 32.5. The molecule has 0 aliphatic carbocycles. The highest BCUT2D eigenvalue weighted by Gasteiger charge is 2.19. The van der Waals surface area contributed by atoms with Crippen molar-refractivity contribution in [3.8, 4) is 39.9 Å². The topological polar surface area (TPSA) is 56.7 Å². The first kappa shape index (κ1) is 27.8. The Morgan fingerprint density at radius 3 is 1.88 bits per heavy atom. The van der Waals surface area contributed by atoms with Crippen LogP contribution in [0.15, 0.2) is 156 Å². The van der Waals surface area contributed by atoms with Crippen LogP contribution in [-0.2, 0) is 0 Å². The van der Waals surface area contributed by atoms with Crippen molar-refractivity contribution in [2.75, 3.05) is 0 Å². The van der Waals surface area contributed by atoms with Crippen LogP contribution in [0.2, 0.25) is 5.02 Å². The van der Waals surface area contributed by atoms with E-state index in [9.17, 15) is 0 Å². The Balaban J connectivity index is 1.19. The molecule has 10 rings (SSSR count). The summed E-state index contributed by atoms with van der Waals surface area (Å²) >= 11 is 7.04. The van der Waals surface area contributed by atoms with Crippen molar-refractivity contribution in [2.45, 2.75) is 0 Å². The highest BCUT2D eigenvalue weighted by molar-refractivity contribution is 6.38. The molecule has 230 valence electrons. The fourth-order valence-electron chi connectivity index (χ4n) is 6.99. The van der Waals surface area contributed by atoms with Crippen molar-refractivity contribution >= 4 is 66.1 Å². The molecular formula is C43H25ClN4O. The Kier molecular flexibility index (Phi) is 6.16. The van der Waals surface area contributed by atoms with E-state index in [-0.39, 0.29) is 0 Å². The summed E-state index contributed by atoms with van der Waals surface area (Å²) in [5.74, 6) is 1.67. The number of hydrogen-bond acceptors (Lipinski definition) is 4. The number of fused-ring (bicyclic) bond motifs is 7. The van der Waals surface area contributed by atoms with Gasteiger partial charge >= 0.3 is 0 Å². The van der Waals surface area contributed by atoms with Crippen LogP contribution >= 0.6 is 11.6 Å². The van der Waals surface area contributed by atoms with E-state index in [2.05, 4.69) is 95.6 Å². The van der Waals surface area contributed by atoms with Crippen LogP contribution in [0.1, 0.15) is 0 Å². The second-order valence-corrected chi connectivity index (χ2v) is 12.6. The van der Waals surface area contributed by atoms with Crippen molar-refractivity contribution in [1.82, 2.24) is 19.5 Å². The average molecular weight is 649 g/mol. The number of aromatic nitrogens is 4. The summed E-state index contributed by atoms with van der Waals surface area (Å²) in [6.07, 6.45) is 0. The maximum Gasteiger partial charge on any atom is 0.164 e. The lowest BCUT2D eigenvalue weighted by atomic mass is 10.0. The number of para-hydroxylation sites is 2. The fourth-order valence-corrected chi connectivity index (χ4v) is 7.30. The lowest BCUT2D eigenvalue weighted by molar-refractivity contribution is 0.669. The normalized spacial score (nSPS) is 11.8. The van der Waals surface area contributed by atoms with Crippen LogP contribution in [0, 0.1) is 0 Å². The molecule has 0 spiro atoms. The summed E-state index contributed by atoms with van der Waals surface area (Å²) in [6, 6.07) is 51.8. The highest BCUT2D eigenvalue weighted by Crippen LogP contribution is 2.40. The smallest absolute Gasteiger partial charge is 0.164 e. The van der Waals surface area contributed by atoms with E-state index in [1.165, 1.54) is 5.39 Å². The second-order valence-electron chi connectivity index (χ2n) is 12.2. The standard InChI is InChI=1S/C43H25ClN4O/c44-35-22-30(25-39-40(35)34-21-27-13-7-8-14-28(27)24-38(34)49-39)43-46-41(26-11-3-1-4-12-26)45-42(47-43)29-19-20-33-32-17-9-10-18-36(32)48(37(33)23-29)31-15-5-2-6-16-31/h1-25H. The Bertz CT molecular complexity index is 2890. The lowest BCUT2D eigenvalue weighted by Crippen LogP contribution is -2.00. The fraction of sp³-hybridized carbons (Fsp3) is 0. The first-order chi connectivity index (χ1) is 24.2. The number of benzene rings is 7. The largest absolute Gasteiger partial charge is 0.456 e. The van der Waals surface area contributed by atoms with E-state index in [1.807, 2.05) is 60.7 Å². The zero-order valence-electron chi connectivity index (χ0n) is 26.0. The maximum atomic E-state index is 7.04. The molecule has 0 amide bonds. The predicted molar refractivity (Wildman–Crippen MR) is 200 cm³/mol. The minimum Gasteiger partial charge on any atom is -0.456 e. The molecule has 7 aromatic carbocycles. The molecule has 0 aliphatic rings. The van der Waals surface area contributed by atoms with Gasteiger partial charge in [-0.2, -0.15) is 0 Å². The van der Waals surface area contributed by atoms with Gasteiger partial charge in [0.15, 0.2) is 17.5 Å². The van der Waals surface area contributed by atoms with Crippen LogP contribution in [0.5, 0.6) is 0 Å². The molecule has 0 unspecified atom stereocenters. The third-order valence-corrected chi connectivity index (χ3v) is 9.56. The number of furan rings is 1. The first-order valence-corrected chi connectivity index (χ1v) is 16.5.